The van der Waals surface area contributed by atoms with Gasteiger partial charge in [-0.25, -0.2) is 0 Å². The molecule has 172 valence electrons. The van der Waals surface area contributed by atoms with Crippen LogP contribution in [0.25, 0.3) is 16.3 Å². The molecule has 2 atom stereocenters. The van der Waals surface area contributed by atoms with Crippen molar-refractivity contribution in [1.29, 1.82) is 0 Å². The number of hydrogen-bond donors (Lipinski definition) is 1. The smallest absolute Gasteiger partial charge is 0.0817 e. The largest absolute Gasteiger partial charge is 0.361 e. The van der Waals surface area contributed by atoms with Crippen molar-refractivity contribution in [3.8, 4) is 0 Å². The zero-order chi connectivity index (χ0) is 23.8. The fourth-order valence-electron chi connectivity index (χ4n) is 5.37. The maximum Gasteiger partial charge on any atom is 0.0817 e. The number of aromatic amines is 1. The highest BCUT2D eigenvalue weighted by Crippen LogP contribution is 2.37. The minimum atomic E-state index is 0.0747. The molecule has 0 saturated heterocycles. The van der Waals surface area contributed by atoms with Gasteiger partial charge in [0.1, 0.15) is 0 Å². The van der Waals surface area contributed by atoms with E-state index in [1.807, 2.05) is 0 Å². The molecular weight excluding hydrogens is 424 g/mol. The van der Waals surface area contributed by atoms with Gasteiger partial charge in [0.15, 0.2) is 0 Å². The van der Waals surface area contributed by atoms with Crippen molar-refractivity contribution in [3.63, 3.8) is 0 Å². The number of fused-ring (bicyclic) bond motifs is 1. The number of hydrogen-bond acceptors (Lipinski definition) is 1. The molecule has 0 spiro atoms. The predicted molar refractivity (Wildman–Crippen MR) is 148 cm³/mol. The van der Waals surface area contributed by atoms with Crippen molar-refractivity contribution in [3.05, 3.63) is 137 Å². The van der Waals surface area contributed by atoms with Crippen LogP contribution in [0.15, 0.2) is 108 Å². The molecule has 2 heteroatoms. The van der Waals surface area contributed by atoms with Crippen molar-refractivity contribution in [1.82, 2.24) is 4.98 Å². The molecule has 1 N–H and O–H groups in total. The minimum Gasteiger partial charge on any atom is -0.361 e. The lowest BCUT2D eigenvalue weighted by Gasteiger charge is -2.14. The molecule has 0 saturated carbocycles. The van der Waals surface area contributed by atoms with Crippen LogP contribution in [0.1, 0.15) is 46.0 Å². The van der Waals surface area contributed by atoms with Crippen LogP contribution in [-0.4, -0.2) is 16.7 Å². The van der Waals surface area contributed by atoms with Gasteiger partial charge in [-0.2, -0.15) is 0 Å². The van der Waals surface area contributed by atoms with Gasteiger partial charge in [-0.05, 0) is 66.3 Å². The topological polar surface area (TPSA) is 28.1 Å². The summed E-state index contributed by atoms with van der Waals surface area (Å²) in [4.78, 5) is 9.14. The number of aryl methyl sites for hydroxylation is 2. The van der Waals surface area contributed by atoms with E-state index < -0.39 is 0 Å². The van der Waals surface area contributed by atoms with Gasteiger partial charge in [0.2, 0.25) is 0 Å². The van der Waals surface area contributed by atoms with E-state index in [1.54, 1.807) is 0 Å². The standard InChI is InChI=1S/C33H30N2/c1-22-18-28-29(19-23(22)2)33(26-16-10-5-11-17-26)35-32(28)21-31-27(24-12-6-3-7-13-24)20-30(34-31)25-14-8-4-9-15-25/h3-16,18-20,26,31,35H,17,21H2,1-2H3. The number of nitrogens with zero attached hydrogens (tertiary/aromatic N) is 1. The summed E-state index contributed by atoms with van der Waals surface area (Å²) in [6.45, 7) is 4.43. The number of nitrogens with one attached hydrogen (secondary N) is 1. The van der Waals surface area contributed by atoms with E-state index in [9.17, 15) is 0 Å². The first-order chi connectivity index (χ1) is 17.2. The molecule has 2 heterocycles. The van der Waals surface area contributed by atoms with Gasteiger partial charge in [-0.15, -0.1) is 0 Å². The Morgan fingerprint density at radius 1 is 0.829 bits per heavy atom. The van der Waals surface area contributed by atoms with Crippen LogP contribution in [0, 0.1) is 13.8 Å². The third-order valence-electron chi connectivity index (χ3n) is 7.41. The normalized spacial score (nSPS) is 19.3. The van der Waals surface area contributed by atoms with Gasteiger partial charge >= 0.3 is 0 Å². The highest BCUT2D eigenvalue weighted by Gasteiger charge is 2.26. The first kappa shape index (κ1) is 21.6. The predicted octanol–water partition coefficient (Wildman–Crippen LogP) is 7.88. The van der Waals surface area contributed by atoms with Crippen LogP contribution >= 0.6 is 0 Å². The van der Waals surface area contributed by atoms with Crippen LogP contribution in [0.2, 0.25) is 0 Å². The first-order valence-corrected chi connectivity index (χ1v) is 12.5. The van der Waals surface area contributed by atoms with Crippen molar-refractivity contribution in [2.45, 2.75) is 38.6 Å². The Morgan fingerprint density at radius 2 is 1.51 bits per heavy atom. The number of allylic oxidation sites excluding steroid dienone is 5. The Morgan fingerprint density at radius 3 is 2.20 bits per heavy atom. The average Bonchev–Trinajstić information content (AvgIpc) is 3.48. The van der Waals surface area contributed by atoms with E-state index >= 15 is 0 Å². The van der Waals surface area contributed by atoms with Gasteiger partial charge in [0.05, 0.1) is 11.8 Å². The highest BCUT2D eigenvalue weighted by molar-refractivity contribution is 6.15. The van der Waals surface area contributed by atoms with E-state index in [0.29, 0.717) is 5.92 Å². The summed E-state index contributed by atoms with van der Waals surface area (Å²) in [7, 11) is 0. The molecule has 3 aromatic carbocycles. The molecule has 0 bridgehead atoms. The lowest BCUT2D eigenvalue weighted by molar-refractivity contribution is 0.793. The molecular formula is C33H30N2. The van der Waals surface area contributed by atoms with E-state index in [2.05, 4.69) is 122 Å². The molecule has 4 aromatic rings. The average molecular weight is 455 g/mol. The maximum atomic E-state index is 5.26. The second-order valence-corrected chi connectivity index (χ2v) is 9.72. The Labute approximate surface area is 207 Å². The molecule has 1 aromatic heterocycles. The molecule has 35 heavy (non-hydrogen) atoms. The van der Waals surface area contributed by atoms with Gasteiger partial charge in [-0.3, -0.25) is 4.99 Å². The van der Waals surface area contributed by atoms with Gasteiger partial charge in [-0.1, -0.05) is 85.0 Å². The summed E-state index contributed by atoms with van der Waals surface area (Å²) in [5.41, 5.74) is 10.1. The van der Waals surface area contributed by atoms with Crippen LogP contribution in [0.5, 0.6) is 0 Å². The second kappa shape index (κ2) is 9.03. The van der Waals surface area contributed by atoms with Crippen LogP contribution < -0.4 is 0 Å². The van der Waals surface area contributed by atoms with Gasteiger partial charge in [0, 0.05) is 34.5 Å². The van der Waals surface area contributed by atoms with Crippen LogP contribution in [0.3, 0.4) is 0 Å². The molecule has 2 unspecified atom stereocenters. The summed E-state index contributed by atoms with van der Waals surface area (Å²) in [6.07, 6.45) is 13.1. The van der Waals surface area contributed by atoms with Crippen molar-refractivity contribution in [2.24, 2.45) is 4.99 Å². The molecule has 0 amide bonds. The highest BCUT2D eigenvalue weighted by atomic mass is 14.8. The van der Waals surface area contributed by atoms with Gasteiger partial charge < -0.3 is 4.98 Å². The summed E-state index contributed by atoms with van der Waals surface area (Å²) in [5, 5.41) is 2.69. The van der Waals surface area contributed by atoms with Crippen molar-refractivity contribution < 1.29 is 0 Å². The third-order valence-corrected chi connectivity index (χ3v) is 7.41. The SMILES string of the molecule is Cc1cc2c(CC3N=C(c4ccccc4)C=C3c3ccccc3)[nH]c(C3C=CC=CC3)c2cc1C. The van der Waals surface area contributed by atoms with Crippen LogP contribution in [0.4, 0.5) is 0 Å². The summed E-state index contributed by atoms with van der Waals surface area (Å²) < 4.78 is 0. The van der Waals surface area contributed by atoms with E-state index in [-0.39, 0.29) is 6.04 Å². The lowest BCUT2D eigenvalue weighted by Crippen LogP contribution is -2.10. The quantitative estimate of drug-likeness (QED) is 0.318. The Bertz CT molecular complexity index is 1500. The monoisotopic (exact) mass is 454 g/mol. The Hall–Kier alpha value is -3.91. The molecule has 0 fully saturated rings. The third kappa shape index (κ3) is 4.10. The first-order valence-electron chi connectivity index (χ1n) is 12.5. The lowest BCUT2D eigenvalue weighted by atomic mass is 9.92. The Kier molecular flexibility index (Phi) is 5.58. The molecule has 6 rings (SSSR count). The Balaban J connectivity index is 1.44. The number of H-pyrrole nitrogens is 1. The van der Waals surface area contributed by atoms with Crippen molar-refractivity contribution >= 4 is 22.1 Å². The molecule has 1 aliphatic heterocycles. The summed E-state index contributed by atoms with van der Waals surface area (Å²) in [5.74, 6) is 0.384. The number of benzene rings is 3. The molecule has 1 aliphatic carbocycles. The molecule has 2 aliphatic rings. The fourth-order valence-corrected chi connectivity index (χ4v) is 5.37. The minimum absolute atomic E-state index is 0.0747. The van der Waals surface area contributed by atoms with Gasteiger partial charge in [0.25, 0.3) is 0 Å². The van der Waals surface area contributed by atoms with E-state index in [4.69, 9.17) is 4.99 Å². The number of aromatic nitrogens is 1. The molecule has 0 radical (unpaired) electrons. The number of rotatable bonds is 5. The fraction of sp³-hybridized carbons (Fsp3) is 0.182. The van der Waals surface area contributed by atoms with E-state index in [1.165, 1.54) is 50.0 Å². The second-order valence-electron chi connectivity index (χ2n) is 9.72. The molecule has 2 nitrogen and oxygen atoms in total. The van der Waals surface area contributed by atoms with Crippen LogP contribution in [-0.2, 0) is 6.42 Å². The zero-order valence-electron chi connectivity index (χ0n) is 20.3. The van der Waals surface area contributed by atoms with Crippen molar-refractivity contribution in [2.75, 3.05) is 0 Å². The summed E-state index contributed by atoms with van der Waals surface area (Å²) >= 11 is 0. The van der Waals surface area contributed by atoms with E-state index in [0.717, 1.165) is 18.6 Å². The summed E-state index contributed by atoms with van der Waals surface area (Å²) in [6, 6.07) is 26.1. The maximum absolute atomic E-state index is 5.26. The number of aliphatic imine (C=N–C) groups is 1. The zero-order valence-corrected chi connectivity index (χ0v) is 20.3.